The molecule has 102 valence electrons. The molecule has 0 atom stereocenters. The molecule has 0 bridgehead atoms. The van der Waals surface area contributed by atoms with Crippen LogP contribution in [0.25, 0.3) is 10.1 Å². The Morgan fingerprint density at radius 3 is 2.84 bits per heavy atom. The van der Waals surface area contributed by atoms with Crippen molar-refractivity contribution < 1.29 is 0 Å². The third-order valence-corrected chi connectivity index (χ3v) is 5.68. The Hall–Kier alpha value is -0.380. The van der Waals surface area contributed by atoms with Gasteiger partial charge in [0, 0.05) is 22.6 Å². The summed E-state index contributed by atoms with van der Waals surface area (Å²) < 4.78 is 1.42. The van der Waals surface area contributed by atoms with Crippen LogP contribution in [0.2, 0.25) is 0 Å². The molecule has 3 rings (SSSR count). The van der Waals surface area contributed by atoms with E-state index in [4.69, 9.17) is 0 Å². The summed E-state index contributed by atoms with van der Waals surface area (Å²) >= 11 is 5.44. The summed E-state index contributed by atoms with van der Waals surface area (Å²) in [6.07, 6.45) is 5.45. The first-order valence-corrected chi connectivity index (χ1v) is 9.13. The van der Waals surface area contributed by atoms with Gasteiger partial charge in [0.2, 0.25) is 0 Å². The summed E-state index contributed by atoms with van der Waals surface area (Å²) in [5, 5.41) is 4.92. The molecule has 1 aliphatic rings. The van der Waals surface area contributed by atoms with E-state index < -0.39 is 0 Å². The lowest BCUT2D eigenvalue weighted by Crippen LogP contribution is -2.40. The van der Waals surface area contributed by atoms with Gasteiger partial charge in [0.25, 0.3) is 0 Å². The maximum absolute atomic E-state index is 3.56. The predicted molar refractivity (Wildman–Crippen MR) is 88.3 cm³/mol. The van der Waals surface area contributed by atoms with Crippen molar-refractivity contribution in [3.05, 3.63) is 35.2 Å². The van der Waals surface area contributed by atoms with Crippen LogP contribution >= 0.6 is 27.3 Å². The number of thiophene rings is 1. The van der Waals surface area contributed by atoms with Crippen molar-refractivity contribution in [1.29, 1.82) is 0 Å². The Morgan fingerprint density at radius 2 is 2.11 bits per heavy atom. The second-order valence-electron chi connectivity index (χ2n) is 5.35. The van der Waals surface area contributed by atoms with Crippen molar-refractivity contribution in [2.24, 2.45) is 0 Å². The first-order valence-electron chi connectivity index (χ1n) is 7.13. The highest BCUT2D eigenvalue weighted by molar-refractivity contribution is 9.09. The Kier molecular flexibility index (Phi) is 4.57. The zero-order valence-corrected chi connectivity index (χ0v) is 13.5. The second kappa shape index (κ2) is 6.38. The molecule has 0 amide bonds. The lowest BCUT2D eigenvalue weighted by atomic mass is 9.91. The highest BCUT2D eigenvalue weighted by Crippen LogP contribution is 2.30. The molecule has 3 heteroatoms. The molecule has 1 heterocycles. The van der Waals surface area contributed by atoms with E-state index >= 15 is 0 Å². The van der Waals surface area contributed by atoms with E-state index in [1.54, 1.807) is 0 Å². The summed E-state index contributed by atoms with van der Waals surface area (Å²) in [6, 6.07) is 9.63. The standard InChI is InChI=1S/C16H20BrNS/c17-9-4-10-18(14-5-3-6-14)11-13-12-19-16-8-2-1-7-15(13)16/h1-2,7-8,12,14H,3-6,9-11H2. The molecule has 0 radical (unpaired) electrons. The molecule has 0 aliphatic heterocycles. The normalized spacial score (nSPS) is 16.1. The van der Waals surface area contributed by atoms with Gasteiger partial charge in [-0.25, -0.2) is 0 Å². The molecule has 1 aromatic carbocycles. The highest BCUT2D eigenvalue weighted by Gasteiger charge is 2.25. The molecule has 1 aromatic heterocycles. The molecule has 0 unspecified atom stereocenters. The van der Waals surface area contributed by atoms with Crippen molar-refractivity contribution in [2.45, 2.75) is 38.3 Å². The maximum Gasteiger partial charge on any atom is 0.0346 e. The van der Waals surface area contributed by atoms with Crippen molar-refractivity contribution in [1.82, 2.24) is 4.90 Å². The summed E-state index contributed by atoms with van der Waals surface area (Å²) in [4.78, 5) is 2.69. The fraction of sp³-hybridized carbons (Fsp3) is 0.500. The van der Waals surface area contributed by atoms with Crippen LogP contribution in [0, 0.1) is 0 Å². The average molecular weight is 338 g/mol. The molecule has 1 aliphatic carbocycles. The third kappa shape index (κ3) is 3.04. The molecule has 1 saturated carbocycles. The van der Waals surface area contributed by atoms with Gasteiger partial charge in [0.05, 0.1) is 0 Å². The quantitative estimate of drug-likeness (QED) is 0.667. The minimum absolute atomic E-state index is 0.831. The van der Waals surface area contributed by atoms with E-state index in [0.717, 1.165) is 17.9 Å². The topological polar surface area (TPSA) is 3.24 Å². The van der Waals surface area contributed by atoms with Crippen LogP contribution in [-0.4, -0.2) is 22.8 Å². The number of fused-ring (bicyclic) bond motifs is 1. The molecule has 2 aromatic rings. The number of halogens is 1. The van der Waals surface area contributed by atoms with Crippen LogP contribution in [-0.2, 0) is 6.54 Å². The monoisotopic (exact) mass is 337 g/mol. The minimum Gasteiger partial charge on any atom is -0.296 e. The van der Waals surface area contributed by atoms with Crippen molar-refractivity contribution in [3.63, 3.8) is 0 Å². The van der Waals surface area contributed by atoms with E-state index in [1.807, 2.05) is 11.3 Å². The van der Waals surface area contributed by atoms with Crippen molar-refractivity contribution in [3.8, 4) is 0 Å². The van der Waals surface area contributed by atoms with Gasteiger partial charge in [-0.05, 0) is 48.2 Å². The smallest absolute Gasteiger partial charge is 0.0346 e. The zero-order valence-electron chi connectivity index (χ0n) is 11.1. The average Bonchev–Trinajstić information content (AvgIpc) is 2.77. The number of nitrogens with zero attached hydrogens (tertiary/aromatic N) is 1. The number of rotatable bonds is 6. The van der Waals surface area contributed by atoms with Gasteiger partial charge >= 0.3 is 0 Å². The van der Waals surface area contributed by atoms with E-state index in [0.29, 0.717) is 0 Å². The Labute approximate surface area is 127 Å². The fourth-order valence-electron chi connectivity index (χ4n) is 2.78. The second-order valence-corrected chi connectivity index (χ2v) is 7.06. The summed E-state index contributed by atoms with van der Waals surface area (Å²) in [5.74, 6) is 0. The molecular weight excluding hydrogens is 318 g/mol. The molecule has 0 N–H and O–H groups in total. The predicted octanol–water partition coefficient (Wildman–Crippen LogP) is 5.04. The van der Waals surface area contributed by atoms with Crippen LogP contribution in [0.1, 0.15) is 31.2 Å². The number of benzene rings is 1. The van der Waals surface area contributed by atoms with E-state index in [1.165, 1.54) is 47.9 Å². The molecule has 19 heavy (non-hydrogen) atoms. The van der Waals surface area contributed by atoms with Gasteiger partial charge in [-0.15, -0.1) is 11.3 Å². The molecular formula is C16H20BrNS. The first-order chi connectivity index (χ1) is 9.38. The number of hydrogen-bond donors (Lipinski definition) is 0. The molecule has 0 saturated heterocycles. The Morgan fingerprint density at radius 1 is 1.26 bits per heavy atom. The van der Waals surface area contributed by atoms with E-state index in [9.17, 15) is 0 Å². The van der Waals surface area contributed by atoms with Crippen LogP contribution in [0.3, 0.4) is 0 Å². The third-order valence-electron chi connectivity index (χ3n) is 4.10. The van der Waals surface area contributed by atoms with E-state index in [2.05, 4.69) is 50.5 Å². The fourth-order valence-corrected chi connectivity index (χ4v) is 3.98. The molecule has 0 spiro atoms. The summed E-state index contributed by atoms with van der Waals surface area (Å²) in [5.41, 5.74) is 1.52. The SMILES string of the molecule is BrCCCN(Cc1csc2ccccc12)C1CCC1. The first kappa shape index (κ1) is 13.6. The lowest BCUT2D eigenvalue weighted by molar-refractivity contribution is 0.120. The van der Waals surface area contributed by atoms with Gasteiger partial charge in [-0.1, -0.05) is 40.5 Å². The summed E-state index contributed by atoms with van der Waals surface area (Å²) in [7, 11) is 0. The van der Waals surface area contributed by atoms with E-state index in [-0.39, 0.29) is 0 Å². The van der Waals surface area contributed by atoms with Gasteiger partial charge in [-0.3, -0.25) is 4.90 Å². The van der Waals surface area contributed by atoms with Crippen LogP contribution in [0.4, 0.5) is 0 Å². The Bertz CT molecular complexity index is 532. The maximum atomic E-state index is 3.56. The Balaban J connectivity index is 1.76. The molecule has 1 nitrogen and oxygen atoms in total. The van der Waals surface area contributed by atoms with Crippen molar-refractivity contribution >= 4 is 37.4 Å². The van der Waals surface area contributed by atoms with Gasteiger partial charge < -0.3 is 0 Å². The lowest BCUT2D eigenvalue weighted by Gasteiger charge is -2.37. The van der Waals surface area contributed by atoms with Gasteiger partial charge in [0.1, 0.15) is 0 Å². The number of hydrogen-bond acceptors (Lipinski definition) is 2. The van der Waals surface area contributed by atoms with Crippen LogP contribution in [0.5, 0.6) is 0 Å². The van der Waals surface area contributed by atoms with Crippen LogP contribution < -0.4 is 0 Å². The van der Waals surface area contributed by atoms with Gasteiger partial charge in [0.15, 0.2) is 0 Å². The molecule has 1 fully saturated rings. The van der Waals surface area contributed by atoms with Crippen LogP contribution in [0.15, 0.2) is 29.6 Å². The largest absolute Gasteiger partial charge is 0.296 e. The highest BCUT2D eigenvalue weighted by atomic mass is 79.9. The summed E-state index contributed by atoms with van der Waals surface area (Å²) in [6.45, 7) is 2.35. The van der Waals surface area contributed by atoms with Gasteiger partial charge in [-0.2, -0.15) is 0 Å². The minimum atomic E-state index is 0.831. The zero-order chi connectivity index (χ0) is 13.1. The van der Waals surface area contributed by atoms with Crippen molar-refractivity contribution in [2.75, 3.05) is 11.9 Å². The number of alkyl halides is 1.